The van der Waals surface area contributed by atoms with Crippen molar-refractivity contribution in [1.82, 2.24) is 0 Å². The first-order chi connectivity index (χ1) is 10.1. The number of anilines is 1. The van der Waals surface area contributed by atoms with Gasteiger partial charge in [0.2, 0.25) is 0 Å². The van der Waals surface area contributed by atoms with E-state index >= 15 is 0 Å². The van der Waals surface area contributed by atoms with Crippen LogP contribution in [0.25, 0.3) is 0 Å². The summed E-state index contributed by atoms with van der Waals surface area (Å²) in [6.07, 6.45) is 9.04. The average molecular weight is 290 g/mol. The minimum Gasteiger partial charge on any atom is -0.396 e. The highest BCUT2D eigenvalue weighted by Crippen LogP contribution is 2.28. The molecule has 5 heteroatoms. The molecule has 21 heavy (non-hydrogen) atoms. The van der Waals surface area contributed by atoms with E-state index in [9.17, 15) is 10.1 Å². The minimum absolute atomic E-state index is 0.0601. The number of nitro groups is 1. The lowest BCUT2D eigenvalue weighted by Gasteiger charge is -2.10. The van der Waals surface area contributed by atoms with Crippen molar-refractivity contribution in [3.05, 3.63) is 33.9 Å². The van der Waals surface area contributed by atoms with Crippen LogP contribution >= 0.6 is 0 Å². The largest absolute Gasteiger partial charge is 0.396 e. The third-order valence-electron chi connectivity index (χ3n) is 3.37. The molecule has 1 rings (SSSR count). The van der Waals surface area contributed by atoms with Gasteiger partial charge in [-0.25, -0.2) is 0 Å². The van der Waals surface area contributed by atoms with Gasteiger partial charge in [0, 0.05) is 25.1 Å². The topological polar surface area (TPSA) is 75.4 Å². The molecule has 0 spiro atoms. The van der Waals surface area contributed by atoms with E-state index in [1.54, 1.807) is 12.1 Å². The Morgan fingerprint density at radius 3 is 2.71 bits per heavy atom. The Hall–Kier alpha value is -2.06. The molecule has 0 fully saturated rings. The van der Waals surface area contributed by atoms with E-state index in [0.717, 1.165) is 31.2 Å². The van der Waals surface area contributed by atoms with Crippen LogP contribution < -0.4 is 5.32 Å². The highest BCUT2D eigenvalue weighted by molar-refractivity contribution is 5.63. The Bertz CT molecular complexity index is 509. The van der Waals surface area contributed by atoms with Gasteiger partial charge in [0.05, 0.1) is 4.92 Å². The molecule has 0 heterocycles. The summed E-state index contributed by atoms with van der Waals surface area (Å²) in [4.78, 5) is 10.8. The van der Waals surface area contributed by atoms with Crippen molar-refractivity contribution in [3.63, 3.8) is 0 Å². The van der Waals surface area contributed by atoms with E-state index in [-0.39, 0.29) is 23.1 Å². The Morgan fingerprint density at radius 2 is 2.10 bits per heavy atom. The van der Waals surface area contributed by atoms with Gasteiger partial charge < -0.3 is 10.4 Å². The SMILES string of the molecule is C#CC(C)c1ccc(NCCCCCCO)c([N+](=O)[O-])c1. The maximum absolute atomic E-state index is 11.1. The fraction of sp³-hybridized carbons (Fsp3) is 0.500. The van der Waals surface area contributed by atoms with Gasteiger partial charge in [0.25, 0.3) is 5.69 Å². The highest BCUT2D eigenvalue weighted by atomic mass is 16.6. The van der Waals surface area contributed by atoms with Gasteiger partial charge in [-0.05, 0) is 31.4 Å². The Kier molecular flexibility index (Phi) is 7.27. The van der Waals surface area contributed by atoms with Crippen molar-refractivity contribution in [3.8, 4) is 12.3 Å². The molecule has 0 saturated heterocycles. The van der Waals surface area contributed by atoms with Gasteiger partial charge in [-0.1, -0.05) is 24.8 Å². The van der Waals surface area contributed by atoms with Crippen LogP contribution in [0.3, 0.4) is 0 Å². The van der Waals surface area contributed by atoms with Crippen LogP contribution in [-0.4, -0.2) is 23.2 Å². The standard InChI is InChI=1S/C16H22N2O3/c1-3-13(2)14-8-9-15(16(12-14)18(20)21)17-10-6-4-5-7-11-19/h1,8-9,12-13,17,19H,4-7,10-11H2,2H3. The molecule has 0 aliphatic carbocycles. The number of nitrogens with one attached hydrogen (secondary N) is 1. The van der Waals surface area contributed by atoms with Crippen LogP contribution in [0, 0.1) is 22.5 Å². The number of rotatable bonds is 9. The Morgan fingerprint density at radius 1 is 1.38 bits per heavy atom. The van der Waals surface area contributed by atoms with Crippen LogP contribution in [-0.2, 0) is 0 Å². The maximum Gasteiger partial charge on any atom is 0.292 e. The predicted octanol–water partition coefficient (Wildman–Crippen LogP) is 3.30. The van der Waals surface area contributed by atoms with E-state index in [4.69, 9.17) is 11.5 Å². The summed E-state index contributed by atoms with van der Waals surface area (Å²) in [6, 6.07) is 5.08. The summed E-state index contributed by atoms with van der Waals surface area (Å²) in [5.41, 5.74) is 1.36. The number of aliphatic hydroxyl groups is 1. The molecular formula is C16H22N2O3. The number of nitrogens with zero attached hydrogens (tertiary/aromatic N) is 1. The van der Waals surface area contributed by atoms with Crippen LogP contribution in [0.2, 0.25) is 0 Å². The van der Waals surface area contributed by atoms with Crippen molar-refractivity contribution in [2.45, 2.75) is 38.5 Å². The molecule has 1 atom stereocenters. The molecule has 0 radical (unpaired) electrons. The first kappa shape index (κ1) is 17.0. The van der Waals surface area contributed by atoms with Crippen LogP contribution in [0.5, 0.6) is 0 Å². The molecule has 0 saturated carbocycles. The number of unbranched alkanes of at least 4 members (excludes halogenated alkanes) is 3. The fourth-order valence-electron chi connectivity index (χ4n) is 2.03. The van der Waals surface area contributed by atoms with Crippen molar-refractivity contribution in [2.75, 3.05) is 18.5 Å². The monoisotopic (exact) mass is 290 g/mol. The Labute approximate surface area is 125 Å². The average Bonchev–Trinajstić information content (AvgIpc) is 2.49. The summed E-state index contributed by atoms with van der Waals surface area (Å²) in [5, 5.41) is 22.9. The van der Waals surface area contributed by atoms with Crippen molar-refractivity contribution in [1.29, 1.82) is 0 Å². The lowest BCUT2D eigenvalue weighted by Crippen LogP contribution is -2.05. The Balaban J connectivity index is 2.65. The third kappa shape index (κ3) is 5.44. The maximum atomic E-state index is 11.1. The molecule has 0 amide bonds. The lowest BCUT2D eigenvalue weighted by molar-refractivity contribution is -0.384. The van der Waals surface area contributed by atoms with E-state index in [2.05, 4.69) is 11.2 Å². The number of terminal acetylenes is 1. The van der Waals surface area contributed by atoms with Crippen LogP contribution in [0.1, 0.15) is 44.1 Å². The fourth-order valence-corrected chi connectivity index (χ4v) is 2.03. The molecule has 5 nitrogen and oxygen atoms in total. The normalized spacial score (nSPS) is 11.7. The molecule has 0 aliphatic rings. The number of benzene rings is 1. The second kappa shape index (κ2) is 8.98. The molecule has 1 aromatic carbocycles. The lowest BCUT2D eigenvalue weighted by atomic mass is 10.0. The summed E-state index contributed by atoms with van der Waals surface area (Å²) in [5.74, 6) is 2.43. The van der Waals surface area contributed by atoms with Crippen LogP contribution in [0.4, 0.5) is 11.4 Å². The zero-order valence-corrected chi connectivity index (χ0v) is 12.3. The van der Waals surface area contributed by atoms with Crippen LogP contribution in [0.15, 0.2) is 18.2 Å². The van der Waals surface area contributed by atoms with Crippen molar-refractivity contribution < 1.29 is 10.0 Å². The molecule has 0 aromatic heterocycles. The van der Waals surface area contributed by atoms with Gasteiger partial charge in [0.15, 0.2) is 0 Å². The van der Waals surface area contributed by atoms with Crippen molar-refractivity contribution in [2.24, 2.45) is 0 Å². The molecule has 114 valence electrons. The van der Waals surface area contributed by atoms with Gasteiger partial charge in [0.1, 0.15) is 5.69 Å². The van der Waals surface area contributed by atoms with Crippen molar-refractivity contribution >= 4 is 11.4 Å². The van der Waals surface area contributed by atoms with E-state index in [1.807, 2.05) is 13.0 Å². The minimum atomic E-state index is -0.388. The van der Waals surface area contributed by atoms with Gasteiger partial charge in [-0.3, -0.25) is 10.1 Å². The first-order valence-electron chi connectivity index (χ1n) is 7.19. The summed E-state index contributed by atoms with van der Waals surface area (Å²) in [7, 11) is 0. The summed E-state index contributed by atoms with van der Waals surface area (Å²) >= 11 is 0. The predicted molar refractivity (Wildman–Crippen MR) is 84.4 cm³/mol. The molecular weight excluding hydrogens is 268 g/mol. The molecule has 1 unspecified atom stereocenters. The van der Waals surface area contributed by atoms with Gasteiger partial charge >= 0.3 is 0 Å². The molecule has 2 N–H and O–H groups in total. The summed E-state index contributed by atoms with van der Waals surface area (Å²) < 4.78 is 0. The van der Waals surface area contributed by atoms with Gasteiger partial charge in [-0.2, -0.15) is 0 Å². The molecule has 1 aromatic rings. The first-order valence-corrected chi connectivity index (χ1v) is 7.19. The zero-order valence-electron chi connectivity index (χ0n) is 12.3. The number of nitro benzene ring substituents is 1. The smallest absolute Gasteiger partial charge is 0.292 e. The van der Waals surface area contributed by atoms with Gasteiger partial charge in [-0.15, -0.1) is 6.42 Å². The zero-order chi connectivity index (χ0) is 15.7. The summed E-state index contributed by atoms with van der Waals surface area (Å²) in [6.45, 7) is 2.73. The highest BCUT2D eigenvalue weighted by Gasteiger charge is 2.15. The molecule has 0 aliphatic heterocycles. The second-order valence-corrected chi connectivity index (χ2v) is 4.99. The quantitative estimate of drug-likeness (QED) is 0.317. The second-order valence-electron chi connectivity index (χ2n) is 4.99. The number of hydrogen-bond acceptors (Lipinski definition) is 4. The van der Waals surface area contributed by atoms with E-state index < -0.39 is 0 Å². The number of aliphatic hydroxyl groups excluding tert-OH is 1. The van der Waals surface area contributed by atoms with E-state index in [1.165, 1.54) is 0 Å². The third-order valence-corrected chi connectivity index (χ3v) is 3.37. The van der Waals surface area contributed by atoms with E-state index in [0.29, 0.717) is 12.2 Å². The number of hydrogen-bond donors (Lipinski definition) is 2. The molecule has 0 bridgehead atoms.